The van der Waals surface area contributed by atoms with Gasteiger partial charge in [0.25, 0.3) is 0 Å². The molecule has 32 heavy (non-hydrogen) atoms. The van der Waals surface area contributed by atoms with Gasteiger partial charge in [-0.1, -0.05) is 30.3 Å². The van der Waals surface area contributed by atoms with E-state index in [0.717, 1.165) is 5.56 Å². The van der Waals surface area contributed by atoms with E-state index < -0.39 is 5.97 Å². The van der Waals surface area contributed by atoms with Crippen molar-refractivity contribution in [2.75, 3.05) is 23.3 Å². The summed E-state index contributed by atoms with van der Waals surface area (Å²) < 4.78 is 5.25. The molecule has 0 aromatic heterocycles. The minimum atomic E-state index is -0.439. The number of carbonyl (C=O) groups is 4. The maximum atomic E-state index is 12.9. The van der Waals surface area contributed by atoms with Crippen molar-refractivity contribution in [3.63, 3.8) is 0 Å². The first-order chi connectivity index (χ1) is 15.4. The number of benzene rings is 3. The summed E-state index contributed by atoms with van der Waals surface area (Å²) in [5, 5.41) is 2.76. The predicted octanol–water partition coefficient (Wildman–Crippen LogP) is 3.13. The number of hydrogen-bond donors (Lipinski definition) is 1. The van der Waals surface area contributed by atoms with Gasteiger partial charge in [-0.2, -0.15) is 0 Å². The number of amides is 1. The van der Waals surface area contributed by atoms with Gasteiger partial charge in [-0.15, -0.1) is 0 Å². The summed E-state index contributed by atoms with van der Waals surface area (Å²) in [5.41, 5.74) is 3.36. The van der Waals surface area contributed by atoms with Gasteiger partial charge in [0.15, 0.2) is 17.3 Å². The molecule has 1 aliphatic heterocycles. The van der Waals surface area contributed by atoms with Gasteiger partial charge in [-0.25, -0.2) is 4.79 Å². The Bertz CT molecular complexity index is 1330. The lowest BCUT2D eigenvalue weighted by molar-refractivity contribution is -0.133. The van der Waals surface area contributed by atoms with E-state index in [2.05, 4.69) is 5.32 Å². The normalized spacial score (nSPS) is 14.3. The van der Waals surface area contributed by atoms with E-state index in [1.54, 1.807) is 47.4 Å². The predicted molar refractivity (Wildman–Crippen MR) is 117 cm³/mol. The molecule has 2 aliphatic rings. The van der Waals surface area contributed by atoms with Crippen molar-refractivity contribution in [3.8, 4) is 5.75 Å². The number of nitrogens with zero attached hydrogens (tertiary/aromatic N) is 1. The first-order valence-electron chi connectivity index (χ1n) is 10.1. The summed E-state index contributed by atoms with van der Waals surface area (Å²) in [7, 11) is 0. The Labute approximate surface area is 183 Å². The maximum absolute atomic E-state index is 12.9. The van der Waals surface area contributed by atoms with Crippen LogP contribution in [0.3, 0.4) is 0 Å². The van der Waals surface area contributed by atoms with Crippen LogP contribution in [0.4, 0.5) is 11.4 Å². The fourth-order valence-corrected chi connectivity index (χ4v) is 4.05. The van der Waals surface area contributed by atoms with Crippen LogP contribution in [0, 0.1) is 6.92 Å². The zero-order valence-electron chi connectivity index (χ0n) is 17.2. The number of ether oxygens (including phenoxy) is 1. The standard InChI is InChI=1S/C25H18N2O5/c1-14-6-9-21-20(10-14)27(13-23(29)32-21)12-22(28)26-15-7-8-18-19(11-15)25(31)17-5-3-2-4-16(17)24(18)30/h2-11H,12-13H2,1H3,(H,26,28). The molecule has 0 unspecified atom stereocenters. The summed E-state index contributed by atoms with van der Waals surface area (Å²) in [5.74, 6) is -0.856. The fourth-order valence-electron chi connectivity index (χ4n) is 4.05. The highest BCUT2D eigenvalue weighted by molar-refractivity contribution is 6.28. The number of rotatable bonds is 3. The summed E-state index contributed by atoms with van der Waals surface area (Å²) in [6.07, 6.45) is 0. The van der Waals surface area contributed by atoms with Gasteiger partial charge in [0, 0.05) is 27.9 Å². The molecule has 7 heteroatoms. The Balaban J connectivity index is 1.38. The number of ketones is 2. The van der Waals surface area contributed by atoms with Crippen LogP contribution in [-0.4, -0.2) is 36.5 Å². The highest BCUT2D eigenvalue weighted by Crippen LogP contribution is 2.33. The van der Waals surface area contributed by atoms with Gasteiger partial charge < -0.3 is 15.0 Å². The van der Waals surface area contributed by atoms with Crippen molar-refractivity contribution in [1.29, 1.82) is 0 Å². The largest absolute Gasteiger partial charge is 0.423 e. The monoisotopic (exact) mass is 426 g/mol. The third-order valence-electron chi connectivity index (χ3n) is 5.54. The van der Waals surface area contributed by atoms with Gasteiger partial charge in [0.1, 0.15) is 6.54 Å². The average molecular weight is 426 g/mol. The molecule has 7 nitrogen and oxygen atoms in total. The fraction of sp³-hybridized carbons (Fsp3) is 0.120. The first-order valence-corrected chi connectivity index (χ1v) is 10.1. The number of nitrogens with one attached hydrogen (secondary N) is 1. The molecular weight excluding hydrogens is 408 g/mol. The van der Waals surface area contributed by atoms with Gasteiger partial charge >= 0.3 is 5.97 Å². The van der Waals surface area contributed by atoms with Crippen molar-refractivity contribution in [1.82, 2.24) is 0 Å². The topological polar surface area (TPSA) is 92.8 Å². The van der Waals surface area contributed by atoms with Crippen LogP contribution >= 0.6 is 0 Å². The number of fused-ring (bicyclic) bond motifs is 3. The van der Waals surface area contributed by atoms with Crippen LogP contribution in [-0.2, 0) is 9.59 Å². The van der Waals surface area contributed by atoms with Crippen molar-refractivity contribution >= 4 is 34.8 Å². The minimum Gasteiger partial charge on any atom is -0.423 e. The van der Waals surface area contributed by atoms with Crippen LogP contribution in [0.25, 0.3) is 0 Å². The SMILES string of the molecule is Cc1ccc2c(c1)N(CC(=O)Nc1ccc3c(c1)C(=O)c1ccccc1C3=O)CC(=O)O2. The van der Waals surface area contributed by atoms with Crippen LogP contribution in [0.15, 0.2) is 60.7 Å². The molecular formula is C25H18N2O5. The first kappa shape index (κ1) is 19.7. The average Bonchev–Trinajstić information content (AvgIpc) is 2.78. The quantitative estimate of drug-likeness (QED) is 0.400. The summed E-state index contributed by atoms with van der Waals surface area (Å²) in [4.78, 5) is 51.9. The van der Waals surface area contributed by atoms with E-state index in [9.17, 15) is 19.2 Å². The van der Waals surface area contributed by atoms with Crippen molar-refractivity contribution in [2.45, 2.75) is 6.92 Å². The third-order valence-corrected chi connectivity index (χ3v) is 5.54. The molecule has 3 aromatic carbocycles. The number of carbonyl (C=O) groups excluding carboxylic acids is 4. The molecule has 1 N–H and O–H groups in total. The third kappa shape index (κ3) is 3.33. The molecule has 0 radical (unpaired) electrons. The highest BCUT2D eigenvalue weighted by Gasteiger charge is 2.30. The van der Waals surface area contributed by atoms with Crippen molar-refractivity contribution in [3.05, 3.63) is 88.5 Å². The lowest BCUT2D eigenvalue weighted by Crippen LogP contribution is -2.41. The Morgan fingerprint density at radius 1 is 0.906 bits per heavy atom. The minimum absolute atomic E-state index is 0.0438. The summed E-state index contributed by atoms with van der Waals surface area (Å²) in [6.45, 7) is 1.80. The maximum Gasteiger partial charge on any atom is 0.331 e. The molecule has 0 fully saturated rings. The molecule has 0 bridgehead atoms. The molecule has 0 spiro atoms. The van der Waals surface area contributed by atoms with Crippen LogP contribution in [0.1, 0.15) is 37.4 Å². The Morgan fingerprint density at radius 2 is 1.59 bits per heavy atom. The second-order valence-corrected chi connectivity index (χ2v) is 7.81. The second kappa shape index (κ2) is 7.46. The zero-order valence-corrected chi connectivity index (χ0v) is 17.2. The lowest BCUT2D eigenvalue weighted by atomic mass is 9.84. The molecule has 5 rings (SSSR count). The highest BCUT2D eigenvalue weighted by atomic mass is 16.5. The van der Waals surface area contributed by atoms with E-state index in [1.165, 1.54) is 6.07 Å². The zero-order chi connectivity index (χ0) is 22.4. The van der Waals surface area contributed by atoms with Gasteiger partial charge in [-0.05, 0) is 42.8 Å². The Morgan fingerprint density at radius 3 is 2.34 bits per heavy atom. The molecule has 158 valence electrons. The van der Waals surface area contributed by atoms with Gasteiger partial charge in [-0.3, -0.25) is 14.4 Å². The lowest BCUT2D eigenvalue weighted by Gasteiger charge is -2.29. The van der Waals surface area contributed by atoms with Crippen LogP contribution in [0.5, 0.6) is 5.75 Å². The van der Waals surface area contributed by atoms with Crippen molar-refractivity contribution in [2.24, 2.45) is 0 Å². The second-order valence-electron chi connectivity index (χ2n) is 7.81. The smallest absolute Gasteiger partial charge is 0.331 e. The molecule has 0 saturated carbocycles. The van der Waals surface area contributed by atoms with E-state index in [-0.39, 0.29) is 36.1 Å². The Hall–Kier alpha value is -4.26. The molecule has 1 heterocycles. The number of hydrogen-bond acceptors (Lipinski definition) is 6. The number of anilines is 2. The molecule has 3 aromatic rings. The van der Waals surface area contributed by atoms with Gasteiger partial charge in [0.05, 0.1) is 12.2 Å². The molecule has 0 atom stereocenters. The van der Waals surface area contributed by atoms with Gasteiger partial charge in [0.2, 0.25) is 5.91 Å². The number of aryl methyl sites for hydroxylation is 1. The van der Waals surface area contributed by atoms with Crippen LogP contribution < -0.4 is 15.0 Å². The number of esters is 1. The summed E-state index contributed by atoms with van der Waals surface area (Å²) in [6, 6.07) is 16.8. The summed E-state index contributed by atoms with van der Waals surface area (Å²) >= 11 is 0. The van der Waals surface area contributed by atoms with Crippen LogP contribution in [0.2, 0.25) is 0 Å². The molecule has 1 amide bonds. The van der Waals surface area contributed by atoms with E-state index in [0.29, 0.717) is 33.8 Å². The molecule has 1 aliphatic carbocycles. The van der Waals surface area contributed by atoms with Crippen molar-refractivity contribution < 1.29 is 23.9 Å². The van der Waals surface area contributed by atoms with E-state index >= 15 is 0 Å². The molecule has 0 saturated heterocycles. The van der Waals surface area contributed by atoms with E-state index in [4.69, 9.17) is 4.74 Å². The van der Waals surface area contributed by atoms with E-state index in [1.807, 2.05) is 19.1 Å². The Kier molecular flexibility index (Phi) is 4.59.